The van der Waals surface area contributed by atoms with Crippen LogP contribution < -0.4 is 15.6 Å². The number of para-hydroxylation sites is 1. The molecule has 0 bridgehead atoms. The Morgan fingerprint density at radius 1 is 1.42 bits per heavy atom. The summed E-state index contributed by atoms with van der Waals surface area (Å²) in [5.41, 5.74) is 2.42. The van der Waals surface area contributed by atoms with Gasteiger partial charge >= 0.3 is 0 Å². The highest BCUT2D eigenvalue weighted by Gasteiger charge is 2.28. The molecule has 1 unspecified atom stereocenters. The van der Waals surface area contributed by atoms with Crippen molar-refractivity contribution in [3.63, 3.8) is 0 Å². The summed E-state index contributed by atoms with van der Waals surface area (Å²) in [6, 6.07) is 7.60. The maximum absolute atomic E-state index is 12.7. The third-order valence-electron chi connectivity index (χ3n) is 4.62. The van der Waals surface area contributed by atoms with Gasteiger partial charge in [-0.3, -0.25) is 14.2 Å². The molecule has 0 aliphatic carbocycles. The number of aryl methyl sites for hydroxylation is 1. The minimum absolute atomic E-state index is 0.0234. The average Bonchev–Trinajstić information content (AvgIpc) is 2.66. The summed E-state index contributed by atoms with van der Waals surface area (Å²) in [6.07, 6.45) is 0.646. The topological polar surface area (TPSA) is 73.2 Å². The van der Waals surface area contributed by atoms with Crippen molar-refractivity contribution in [2.75, 3.05) is 12.9 Å². The van der Waals surface area contributed by atoms with Crippen LogP contribution >= 0.6 is 11.8 Å². The van der Waals surface area contributed by atoms with Crippen molar-refractivity contribution in [2.24, 2.45) is 5.92 Å². The minimum atomic E-state index is -0.255. The molecule has 1 amide bonds. The summed E-state index contributed by atoms with van der Waals surface area (Å²) in [4.78, 5) is 29.8. The first-order chi connectivity index (χ1) is 12.5. The van der Waals surface area contributed by atoms with Crippen molar-refractivity contribution < 1.29 is 9.53 Å². The van der Waals surface area contributed by atoms with Gasteiger partial charge in [0.1, 0.15) is 5.75 Å². The van der Waals surface area contributed by atoms with E-state index in [1.165, 1.54) is 11.8 Å². The number of carbonyl (C=O) groups is 1. The highest BCUT2D eigenvalue weighted by atomic mass is 32.2. The summed E-state index contributed by atoms with van der Waals surface area (Å²) in [7, 11) is 1.61. The van der Waals surface area contributed by atoms with Crippen LogP contribution in [0.2, 0.25) is 0 Å². The van der Waals surface area contributed by atoms with Gasteiger partial charge in [-0.25, -0.2) is 4.98 Å². The fourth-order valence-electron chi connectivity index (χ4n) is 3.14. The van der Waals surface area contributed by atoms with E-state index in [0.717, 1.165) is 22.6 Å². The Morgan fingerprint density at radius 3 is 2.92 bits per heavy atom. The zero-order valence-electron chi connectivity index (χ0n) is 15.2. The predicted molar refractivity (Wildman–Crippen MR) is 102 cm³/mol. The van der Waals surface area contributed by atoms with Gasteiger partial charge in [0, 0.05) is 35.7 Å². The maximum Gasteiger partial charge on any atom is 0.257 e. The number of rotatable bonds is 5. The lowest BCUT2D eigenvalue weighted by atomic mass is 10.1. The Hall–Kier alpha value is -2.28. The number of carbonyl (C=O) groups excluding carboxylic acids is 1. The van der Waals surface area contributed by atoms with Gasteiger partial charge in [-0.1, -0.05) is 36.9 Å². The number of amides is 1. The van der Waals surface area contributed by atoms with Gasteiger partial charge in [0.15, 0.2) is 5.16 Å². The summed E-state index contributed by atoms with van der Waals surface area (Å²) in [6.45, 7) is 4.59. The first kappa shape index (κ1) is 18.5. The van der Waals surface area contributed by atoms with Crippen LogP contribution in [0.3, 0.4) is 0 Å². The van der Waals surface area contributed by atoms with Gasteiger partial charge in [0.25, 0.3) is 5.56 Å². The van der Waals surface area contributed by atoms with E-state index in [1.807, 2.05) is 38.1 Å². The summed E-state index contributed by atoms with van der Waals surface area (Å²) >= 11 is 1.47. The van der Waals surface area contributed by atoms with E-state index in [9.17, 15) is 9.59 Å². The van der Waals surface area contributed by atoms with Crippen molar-refractivity contribution in [1.29, 1.82) is 0 Å². The molecule has 0 fully saturated rings. The van der Waals surface area contributed by atoms with E-state index in [0.29, 0.717) is 30.4 Å². The number of aromatic nitrogens is 2. The van der Waals surface area contributed by atoms with E-state index in [1.54, 1.807) is 11.7 Å². The number of hydrogen-bond donors (Lipinski definition) is 1. The zero-order valence-corrected chi connectivity index (χ0v) is 16.1. The third kappa shape index (κ3) is 3.62. The number of thioether (sulfide) groups is 1. The first-order valence-electron chi connectivity index (χ1n) is 8.67. The predicted octanol–water partition coefficient (Wildman–Crippen LogP) is 2.16. The van der Waals surface area contributed by atoms with Crippen LogP contribution in [0.5, 0.6) is 5.75 Å². The second kappa shape index (κ2) is 7.95. The second-order valence-corrected chi connectivity index (χ2v) is 7.25. The molecule has 138 valence electrons. The van der Waals surface area contributed by atoms with Crippen LogP contribution in [0.4, 0.5) is 0 Å². The molecule has 26 heavy (non-hydrogen) atoms. The molecular weight excluding hydrogens is 350 g/mol. The molecule has 0 spiro atoms. The Kier molecular flexibility index (Phi) is 5.66. The largest absolute Gasteiger partial charge is 0.496 e. The normalized spacial score (nSPS) is 16.0. The molecule has 1 aromatic carbocycles. The van der Waals surface area contributed by atoms with Crippen LogP contribution in [-0.2, 0) is 24.3 Å². The average molecular weight is 373 g/mol. The molecule has 6 nitrogen and oxygen atoms in total. The summed E-state index contributed by atoms with van der Waals surface area (Å²) < 4.78 is 6.96. The lowest BCUT2D eigenvalue weighted by molar-refractivity contribution is -0.125. The molecule has 0 saturated heterocycles. The summed E-state index contributed by atoms with van der Waals surface area (Å²) in [5, 5.41) is 3.67. The lowest BCUT2D eigenvalue weighted by Gasteiger charge is -2.25. The van der Waals surface area contributed by atoms with Crippen molar-refractivity contribution in [3.05, 3.63) is 51.4 Å². The van der Waals surface area contributed by atoms with Gasteiger partial charge in [0.2, 0.25) is 5.91 Å². The van der Waals surface area contributed by atoms with Crippen LogP contribution in [0.15, 0.2) is 34.2 Å². The number of benzene rings is 1. The van der Waals surface area contributed by atoms with E-state index in [-0.39, 0.29) is 17.4 Å². The van der Waals surface area contributed by atoms with Crippen LogP contribution in [-0.4, -0.2) is 28.3 Å². The molecule has 1 aliphatic rings. The second-order valence-electron chi connectivity index (χ2n) is 6.27. The molecule has 2 aromatic rings. The lowest BCUT2D eigenvalue weighted by Crippen LogP contribution is -2.40. The molecule has 2 heterocycles. The van der Waals surface area contributed by atoms with E-state index in [4.69, 9.17) is 4.74 Å². The Balaban J connectivity index is 1.72. The molecule has 1 aliphatic heterocycles. The number of nitrogens with one attached hydrogen (secondary N) is 1. The molecule has 7 heteroatoms. The fraction of sp³-hybridized carbons (Fsp3) is 0.421. The van der Waals surface area contributed by atoms with Crippen LogP contribution in [0.1, 0.15) is 23.7 Å². The van der Waals surface area contributed by atoms with Gasteiger partial charge in [0.05, 0.1) is 13.0 Å². The molecule has 1 aromatic heterocycles. The van der Waals surface area contributed by atoms with Crippen molar-refractivity contribution in [2.45, 2.75) is 38.5 Å². The highest BCUT2D eigenvalue weighted by molar-refractivity contribution is 7.99. The van der Waals surface area contributed by atoms with E-state index in [2.05, 4.69) is 10.3 Å². The fourth-order valence-corrected chi connectivity index (χ4v) is 4.26. The van der Waals surface area contributed by atoms with Crippen molar-refractivity contribution >= 4 is 17.7 Å². The quantitative estimate of drug-likeness (QED) is 0.813. The van der Waals surface area contributed by atoms with Crippen molar-refractivity contribution in [3.8, 4) is 5.75 Å². The molecule has 1 N–H and O–H groups in total. The Labute approximate surface area is 157 Å². The third-order valence-corrected chi connectivity index (χ3v) is 5.76. The highest BCUT2D eigenvalue weighted by Crippen LogP contribution is 2.26. The molecule has 1 atom stereocenters. The minimum Gasteiger partial charge on any atom is -0.496 e. The van der Waals surface area contributed by atoms with E-state index < -0.39 is 0 Å². The molecule has 0 saturated carbocycles. The number of ether oxygens (including phenoxy) is 1. The zero-order chi connectivity index (χ0) is 18.7. The van der Waals surface area contributed by atoms with Crippen LogP contribution in [0.25, 0.3) is 0 Å². The smallest absolute Gasteiger partial charge is 0.257 e. The number of hydrogen-bond acceptors (Lipinski definition) is 5. The maximum atomic E-state index is 12.7. The summed E-state index contributed by atoms with van der Waals surface area (Å²) in [5.74, 6) is 1.06. The molecule has 0 radical (unpaired) electrons. The number of fused-ring (bicyclic) bond motifs is 1. The van der Waals surface area contributed by atoms with Crippen LogP contribution in [0, 0.1) is 12.8 Å². The number of methoxy groups -OCH3 is 1. The van der Waals surface area contributed by atoms with Crippen molar-refractivity contribution in [1.82, 2.24) is 14.9 Å². The molecular formula is C19H23N3O3S. The van der Waals surface area contributed by atoms with Gasteiger partial charge in [-0.2, -0.15) is 0 Å². The van der Waals surface area contributed by atoms with Gasteiger partial charge in [-0.05, 0) is 19.4 Å². The Morgan fingerprint density at radius 2 is 2.19 bits per heavy atom. The monoisotopic (exact) mass is 373 g/mol. The van der Waals surface area contributed by atoms with Gasteiger partial charge < -0.3 is 10.1 Å². The Bertz CT molecular complexity index is 879. The van der Waals surface area contributed by atoms with Gasteiger partial charge in [-0.15, -0.1) is 0 Å². The SMILES string of the molecule is CCc1c(C)nc2n(c1=O)CC(C(=O)NCc1ccccc1OC)CS2. The first-order valence-corrected chi connectivity index (χ1v) is 9.66. The standard InChI is InChI=1S/C19H23N3O3S/c1-4-15-12(2)21-19-22(18(15)24)10-14(11-26-19)17(23)20-9-13-7-5-6-8-16(13)25-3/h5-8,14H,4,9-11H2,1-3H3,(H,20,23). The number of nitrogens with zero attached hydrogens (tertiary/aromatic N) is 2. The van der Waals surface area contributed by atoms with E-state index >= 15 is 0 Å². The molecule has 3 rings (SSSR count).